The molecule has 10 heteroatoms. The van der Waals surface area contributed by atoms with Crippen LogP contribution in [0, 0.1) is 0 Å². The van der Waals surface area contributed by atoms with Gasteiger partial charge in [-0.05, 0) is 49.0 Å². The van der Waals surface area contributed by atoms with Crippen molar-refractivity contribution in [2.24, 2.45) is 9.98 Å². The highest BCUT2D eigenvalue weighted by Gasteiger charge is 2.35. The SMILES string of the molecule is C=NC(=N/C=C(\C)C(CNC(=O)c1cccc(Cl)c1Cl)c1ccncc1)C(F)(F)F. The molecule has 0 aliphatic heterocycles. The number of aromatic nitrogens is 1. The van der Waals surface area contributed by atoms with E-state index in [2.05, 4.69) is 27.0 Å². The fraction of sp³-hybridized carbons (Fsp3) is 0.200. The maximum Gasteiger partial charge on any atom is 0.451 e. The lowest BCUT2D eigenvalue weighted by Gasteiger charge is -2.19. The van der Waals surface area contributed by atoms with Crippen molar-refractivity contribution < 1.29 is 18.0 Å². The molecule has 0 fully saturated rings. The van der Waals surface area contributed by atoms with Gasteiger partial charge in [0.1, 0.15) is 0 Å². The van der Waals surface area contributed by atoms with Crippen molar-refractivity contribution in [1.82, 2.24) is 10.3 Å². The van der Waals surface area contributed by atoms with Crippen LogP contribution in [-0.2, 0) is 0 Å². The lowest BCUT2D eigenvalue weighted by Crippen LogP contribution is -2.29. The van der Waals surface area contributed by atoms with Crippen molar-refractivity contribution in [3.63, 3.8) is 0 Å². The molecule has 158 valence electrons. The van der Waals surface area contributed by atoms with E-state index >= 15 is 0 Å². The number of benzene rings is 1. The molecule has 1 amide bonds. The first-order valence-electron chi connectivity index (χ1n) is 8.55. The molecule has 30 heavy (non-hydrogen) atoms. The summed E-state index contributed by atoms with van der Waals surface area (Å²) in [5.41, 5.74) is 1.38. The molecular formula is C20H17Cl2F3N4O. The number of aliphatic imine (C=N–C) groups is 2. The fourth-order valence-corrected chi connectivity index (χ4v) is 2.95. The van der Waals surface area contributed by atoms with Gasteiger partial charge in [0, 0.05) is 31.1 Å². The third kappa shape index (κ3) is 6.14. The minimum atomic E-state index is -4.72. The smallest absolute Gasteiger partial charge is 0.351 e. The Balaban J connectivity index is 2.29. The van der Waals surface area contributed by atoms with E-state index in [-0.39, 0.29) is 22.2 Å². The predicted molar refractivity (Wildman–Crippen MR) is 113 cm³/mol. The standard InChI is InChI=1S/C20H17Cl2F3N4O/c1-12(10-29-19(26-2)20(23,24)25)15(13-6-8-27-9-7-13)11-28-18(30)14-4-3-5-16(21)17(14)22/h3-10,15H,2,11H2,1H3,(H,28,30)/b12-10+,29-19?. The second kappa shape index (κ2) is 10.4. The molecule has 0 bridgehead atoms. The molecule has 1 N–H and O–H groups in total. The van der Waals surface area contributed by atoms with Gasteiger partial charge in [-0.2, -0.15) is 13.2 Å². The van der Waals surface area contributed by atoms with Crippen LogP contribution < -0.4 is 5.32 Å². The molecule has 1 aromatic heterocycles. The average Bonchev–Trinajstić information content (AvgIpc) is 2.70. The molecule has 2 aromatic rings. The molecule has 1 atom stereocenters. The van der Waals surface area contributed by atoms with Gasteiger partial charge < -0.3 is 5.32 Å². The molecule has 0 radical (unpaired) electrons. The Morgan fingerprint density at radius 3 is 2.53 bits per heavy atom. The largest absolute Gasteiger partial charge is 0.451 e. The van der Waals surface area contributed by atoms with Crippen LogP contribution in [0.3, 0.4) is 0 Å². The molecule has 2 rings (SSSR count). The first-order valence-corrected chi connectivity index (χ1v) is 9.31. The summed E-state index contributed by atoms with van der Waals surface area (Å²) in [5.74, 6) is -2.30. The van der Waals surface area contributed by atoms with E-state index in [0.717, 1.165) is 11.8 Å². The number of halogens is 5. The van der Waals surface area contributed by atoms with Gasteiger partial charge in [0.2, 0.25) is 5.84 Å². The van der Waals surface area contributed by atoms with E-state index < -0.39 is 23.8 Å². The van der Waals surface area contributed by atoms with Gasteiger partial charge in [-0.15, -0.1) is 0 Å². The monoisotopic (exact) mass is 456 g/mol. The molecular weight excluding hydrogens is 440 g/mol. The number of nitrogens with zero attached hydrogens (tertiary/aromatic N) is 3. The number of carbonyl (C=O) groups excluding carboxylic acids is 1. The van der Waals surface area contributed by atoms with E-state index in [1.54, 1.807) is 43.6 Å². The second-order valence-corrected chi connectivity index (χ2v) is 6.91. The van der Waals surface area contributed by atoms with Gasteiger partial charge in [0.05, 0.1) is 15.6 Å². The van der Waals surface area contributed by atoms with E-state index in [1.807, 2.05) is 0 Å². The van der Waals surface area contributed by atoms with Crippen LogP contribution in [0.5, 0.6) is 0 Å². The highest BCUT2D eigenvalue weighted by Crippen LogP contribution is 2.27. The molecule has 1 unspecified atom stereocenters. The molecule has 0 spiro atoms. The number of nitrogens with one attached hydrogen (secondary N) is 1. The van der Waals surface area contributed by atoms with E-state index in [1.165, 1.54) is 6.07 Å². The summed E-state index contributed by atoms with van der Waals surface area (Å²) < 4.78 is 38.5. The summed E-state index contributed by atoms with van der Waals surface area (Å²) in [7, 11) is 0. The molecule has 5 nitrogen and oxygen atoms in total. The number of amides is 1. The summed E-state index contributed by atoms with van der Waals surface area (Å²) in [6.45, 7) is 4.58. The number of hydrogen-bond donors (Lipinski definition) is 1. The third-order valence-electron chi connectivity index (χ3n) is 4.11. The number of hydrogen-bond acceptors (Lipinski definition) is 3. The summed E-state index contributed by atoms with van der Waals surface area (Å²) >= 11 is 12.0. The Morgan fingerprint density at radius 2 is 1.93 bits per heavy atom. The van der Waals surface area contributed by atoms with Crippen LogP contribution in [0.4, 0.5) is 13.2 Å². The molecule has 0 aliphatic carbocycles. The Kier molecular flexibility index (Phi) is 8.14. The van der Waals surface area contributed by atoms with Gasteiger partial charge in [-0.25, -0.2) is 9.98 Å². The van der Waals surface area contributed by atoms with E-state index in [4.69, 9.17) is 23.2 Å². The molecule has 1 heterocycles. The van der Waals surface area contributed by atoms with Crippen LogP contribution in [0.25, 0.3) is 0 Å². The maximum absolute atomic E-state index is 12.8. The fourth-order valence-electron chi connectivity index (χ4n) is 2.56. The van der Waals surface area contributed by atoms with Crippen LogP contribution in [0.1, 0.15) is 28.8 Å². The van der Waals surface area contributed by atoms with Crippen molar-refractivity contribution in [2.75, 3.05) is 6.54 Å². The topological polar surface area (TPSA) is 66.7 Å². The van der Waals surface area contributed by atoms with Gasteiger partial charge >= 0.3 is 6.18 Å². The zero-order valence-corrected chi connectivity index (χ0v) is 17.3. The Morgan fingerprint density at radius 1 is 1.27 bits per heavy atom. The average molecular weight is 457 g/mol. The number of pyridine rings is 1. The molecule has 1 aromatic carbocycles. The van der Waals surface area contributed by atoms with Crippen LogP contribution in [0.2, 0.25) is 10.0 Å². The van der Waals surface area contributed by atoms with Crippen molar-refractivity contribution in [3.8, 4) is 0 Å². The summed E-state index contributed by atoms with van der Waals surface area (Å²) in [6, 6.07) is 8.05. The summed E-state index contributed by atoms with van der Waals surface area (Å²) in [6.07, 6.45) is -0.578. The molecule has 0 saturated heterocycles. The number of carbonyl (C=O) groups is 1. The van der Waals surface area contributed by atoms with Gasteiger partial charge in [0.25, 0.3) is 5.91 Å². The number of alkyl halides is 3. The molecule has 0 aliphatic rings. The van der Waals surface area contributed by atoms with Crippen molar-refractivity contribution >= 4 is 41.7 Å². The highest BCUT2D eigenvalue weighted by atomic mass is 35.5. The Bertz CT molecular complexity index is 976. The van der Waals surface area contributed by atoms with Crippen molar-refractivity contribution in [2.45, 2.75) is 19.0 Å². The number of amidine groups is 1. The Labute approximate surface area is 181 Å². The zero-order valence-electron chi connectivity index (χ0n) is 15.8. The lowest BCUT2D eigenvalue weighted by atomic mass is 9.93. The number of rotatable bonds is 6. The van der Waals surface area contributed by atoms with E-state index in [0.29, 0.717) is 5.57 Å². The summed E-state index contributed by atoms with van der Waals surface area (Å²) in [4.78, 5) is 22.8. The predicted octanol–water partition coefficient (Wildman–Crippen LogP) is 5.47. The normalized spacial score (nSPS) is 13.7. The van der Waals surface area contributed by atoms with Gasteiger partial charge in [-0.3, -0.25) is 9.78 Å². The van der Waals surface area contributed by atoms with Crippen LogP contribution >= 0.6 is 23.2 Å². The van der Waals surface area contributed by atoms with Crippen molar-refractivity contribution in [1.29, 1.82) is 0 Å². The zero-order chi connectivity index (χ0) is 22.3. The summed E-state index contributed by atoms with van der Waals surface area (Å²) in [5, 5.41) is 3.07. The first-order chi connectivity index (χ1) is 14.1. The van der Waals surface area contributed by atoms with E-state index in [9.17, 15) is 18.0 Å². The molecule has 0 saturated carbocycles. The van der Waals surface area contributed by atoms with Crippen LogP contribution in [0.15, 0.2) is 64.5 Å². The minimum absolute atomic E-state index is 0.0758. The van der Waals surface area contributed by atoms with Crippen molar-refractivity contribution in [3.05, 3.63) is 75.7 Å². The lowest BCUT2D eigenvalue weighted by molar-refractivity contribution is -0.0596. The Hall–Kier alpha value is -2.71. The minimum Gasteiger partial charge on any atom is -0.351 e. The van der Waals surface area contributed by atoms with Crippen LogP contribution in [-0.4, -0.2) is 36.2 Å². The quantitative estimate of drug-likeness (QED) is 0.462. The van der Waals surface area contributed by atoms with Gasteiger partial charge in [0.15, 0.2) is 0 Å². The second-order valence-electron chi connectivity index (χ2n) is 6.13. The third-order valence-corrected chi connectivity index (χ3v) is 4.93. The maximum atomic E-state index is 12.8. The van der Waals surface area contributed by atoms with Gasteiger partial charge in [-0.1, -0.05) is 29.3 Å². The first kappa shape index (κ1) is 23.6. The highest BCUT2D eigenvalue weighted by molar-refractivity contribution is 6.43.